The fourth-order valence-corrected chi connectivity index (χ4v) is 2.38. The Balaban J connectivity index is 4.42. The Morgan fingerprint density at radius 1 is 1.38 bits per heavy atom. The fourth-order valence-electron chi connectivity index (χ4n) is 1.41. The third-order valence-corrected chi connectivity index (χ3v) is 4.18. The summed E-state index contributed by atoms with van der Waals surface area (Å²) in [7, 11) is 1.57. The van der Waals surface area contributed by atoms with Gasteiger partial charge in [0.2, 0.25) is 0 Å². The second kappa shape index (κ2) is 9.77. The molecule has 0 aliphatic rings. The van der Waals surface area contributed by atoms with E-state index in [9.17, 15) is 14.4 Å². The number of nitrogens with two attached hydrogens (primary N) is 1. The maximum atomic E-state index is 11.7. The zero-order valence-corrected chi connectivity index (χ0v) is 14.1. The van der Waals surface area contributed by atoms with Crippen molar-refractivity contribution < 1.29 is 24.6 Å². The van der Waals surface area contributed by atoms with Gasteiger partial charge in [0.25, 0.3) is 0 Å². The van der Waals surface area contributed by atoms with Gasteiger partial charge >= 0.3 is 135 Å². The normalized spacial score (nSPS) is 13.1. The molecule has 120 valence electrons. The average molecular weight is 384 g/mol. The number of nitrogens with one attached hydrogen (secondary N) is 1. The molecule has 10 heteroatoms. The van der Waals surface area contributed by atoms with Gasteiger partial charge in [-0.25, -0.2) is 0 Å². The van der Waals surface area contributed by atoms with Crippen molar-refractivity contribution in [3.05, 3.63) is 0 Å². The summed E-state index contributed by atoms with van der Waals surface area (Å²) in [5.41, 5.74) is 5.31. The van der Waals surface area contributed by atoms with Gasteiger partial charge in [-0.15, -0.1) is 0 Å². The van der Waals surface area contributed by atoms with Gasteiger partial charge < -0.3 is 0 Å². The maximum absolute atomic E-state index is 11.7. The van der Waals surface area contributed by atoms with E-state index in [2.05, 4.69) is 33.5 Å². The van der Waals surface area contributed by atoms with Crippen molar-refractivity contribution >= 4 is 50.6 Å². The number of carboxylic acid groups (broad SMARTS) is 2. The van der Waals surface area contributed by atoms with E-state index in [1.54, 1.807) is 7.05 Å². The molecule has 2 atom stereocenters. The van der Waals surface area contributed by atoms with Gasteiger partial charge in [0, 0.05) is 0 Å². The first kappa shape index (κ1) is 19.9. The predicted octanol–water partition coefficient (Wildman–Crippen LogP) is -2.09. The molecular weight excluding hydrogens is 365 g/mol. The van der Waals surface area contributed by atoms with Crippen molar-refractivity contribution in [1.82, 2.24) is 10.2 Å². The number of rotatable bonds is 10. The summed E-state index contributed by atoms with van der Waals surface area (Å²) in [4.78, 5) is 34.4. The van der Waals surface area contributed by atoms with Crippen LogP contribution in [0.5, 0.6) is 0 Å². The van der Waals surface area contributed by atoms with Gasteiger partial charge in [0.05, 0.1) is 0 Å². The average Bonchev–Trinajstić information content (AvgIpc) is 2.40. The molecule has 0 heterocycles. The number of aliphatic carboxylic acids is 2. The van der Waals surface area contributed by atoms with Crippen molar-refractivity contribution in [2.75, 3.05) is 19.3 Å². The van der Waals surface area contributed by atoms with E-state index in [-0.39, 0.29) is 31.0 Å². The van der Waals surface area contributed by atoms with Gasteiger partial charge in [-0.2, -0.15) is 0 Å². The fraction of sp³-hybridized carbons (Fsp3) is 0.636. The van der Waals surface area contributed by atoms with E-state index >= 15 is 0 Å². The molecule has 0 aromatic rings. The first-order valence-corrected chi connectivity index (χ1v) is 7.53. The van der Waals surface area contributed by atoms with Crippen molar-refractivity contribution in [1.29, 1.82) is 0 Å². The van der Waals surface area contributed by atoms with E-state index in [1.165, 1.54) is 4.90 Å². The van der Waals surface area contributed by atoms with Gasteiger partial charge in [-0.1, -0.05) is 0 Å². The molecule has 0 aliphatic carbocycles. The van der Waals surface area contributed by atoms with Crippen LogP contribution in [0.15, 0.2) is 0 Å². The van der Waals surface area contributed by atoms with Crippen LogP contribution in [-0.2, 0) is 14.4 Å². The Morgan fingerprint density at radius 3 is 2.38 bits per heavy atom. The first-order chi connectivity index (χ1) is 9.68. The molecule has 8 nitrogen and oxygen atoms in total. The Morgan fingerprint density at radius 2 is 1.95 bits per heavy atom. The zero-order chi connectivity index (χ0) is 16.6. The Labute approximate surface area is 135 Å². The van der Waals surface area contributed by atoms with Gasteiger partial charge in [-0.3, -0.25) is 0 Å². The molecule has 21 heavy (non-hydrogen) atoms. The minimum atomic E-state index is -1.16. The Hall–Kier alpha value is -1.09. The van der Waals surface area contributed by atoms with Crippen molar-refractivity contribution in [2.24, 2.45) is 5.73 Å². The molecule has 0 aromatic heterocycles. The van der Waals surface area contributed by atoms with Crippen LogP contribution in [0.1, 0.15) is 12.8 Å². The molecular formula is C11H19N3O5SSe. The summed E-state index contributed by atoms with van der Waals surface area (Å²) in [6, 6.07) is -1.57. The molecule has 0 aromatic carbocycles. The number of likely N-dealkylation sites (N-methyl/N-ethyl adjacent to an activating group) is 1. The van der Waals surface area contributed by atoms with E-state index in [0.717, 1.165) is 0 Å². The molecule has 0 fully saturated rings. The molecule has 0 aliphatic heterocycles. The molecule has 0 saturated heterocycles. The van der Waals surface area contributed by atoms with Crippen LogP contribution < -0.4 is 11.1 Å². The van der Waals surface area contributed by atoms with Crippen LogP contribution in [0.2, 0.25) is 0 Å². The van der Waals surface area contributed by atoms with Crippen molar-refractivity contribution in [3.8, 4) is 0 Å². The number of thiol groups is 1. The SMILES string of the molecule is CN(CC(=O)O)C(=[Se])C(CS)NC(=O)CCC(N)C(=O)O. The van der Waals surface area contributed by atoms with E-state index < -0.39 is 24.0 Å². The van der Waals surface area contributed by atoms with Crippen molar-refractivity contribution in [3.63, 3.8) is 0 Å². The van der Waals surface area contributed by atoms with Crippen LogP contribution >= 0.6 is 12.6 Å². The second-order valence-electron chi connectivity index (χ2n) is 4.37. The third kappa shape index (κ3) is 8.05. The molecule has 0 spiro atoms. The second-order valence-corrected chi connectivity index (χ2v) is 5.62. The number of hydrogen-bond acceptors (Lipinski definition) is 6. The standard InChI is InChI=1S/C11H19N3O5SSe/c1-14(4-9(16)17)10(21)7(5-20)13-8(15)3-2-6(12)11(18)19/h6-7,20H,2-5,12H2,1H3,(H,13,15)(H,16,17)(H,18,19). The van der Waals surface area contributed by atoms with Crippen LogP contribution in [0.4, 0.5) is 0 Å². The predicted molar refractivity (Wildman–Crippen MR) is 81.7 cm³/mol. The number of hydrogen-bond donors (Lipinski definition) is 5. The summed E-state index contributed by atoms with van der Waals surface area (Å²) in [5.74, 6) is -2.27. The van der Waals surface area contributed by atoms with E-state index in [4.69, 9.17) is 15.9 Å². The minimum absolute atomic E-state index is 0.0220. The Kier molecular flexibility index (Phi) is 9.27. The molecule has 0 rings (SSSR count). The summed E-state index contributed by atoms with van der Waals surface area (Å²) in [6.07, 6.45) is -0.0120. The summed E-state index contributed by atoms with van der Waals surface area (Å²) in [6.45, 7) is -0.216. The molecule has 5 N–H and O–H groups in total. The van der Waals surface area contributed by atoms with E-state index in [1.807, 2.05) is 0 Å². The number of carbonyl (C=O) groups is 3. The summed E-state index contributed by atoms with van der Waals surface area (Å²) < 4.78 is 0.531. The first-order valence-electron chi connectivity index (χ1n) is 6.04. The molecule has 0 saturated carbocycles. The van der Waals surface area contributed by atoms with Crippen LogP contribution in [0, 0.1) is 0 Å². The molecule has 2 unspecified atom stereocenters. The van der Waals surface area contributed by atoms with Crippen LogP contribution in [0.25, 0.3) is 0 Å². The van der Waals surface area contributed by atoms with E-state index in [0.29, 0.717) is 4.54 Å². The van der Waals surface area contributed by atoms with Crippen molar-refractivity contribution in [2.45, 2.75) is 24.9 Å². The van der Waals surface area contributed by atoms with Gasteiger partial charge in [0.15, 0.2) is 0 Å². The summed E-state index contributed by atoms with van der Waals surface area (Å²) in [5, 5.41) is 20.0. The number of nitrogens with zero attached hydrogens (tertiary/aromatic N) is 1. The quantitative estimate of drug-likeness (QED) is 0.215. The molecule has 0 bridgehead atoms. The van der Waals surface area contributed by atoms with Gasteiger partial charge in [0.1, 0.15) is 0 Å². The van der Waals surface area contributed by atoms with Crippen LogP contribution in [0.3, 0.4) is 0 Å². The number of carboxylic acids is 2. The number of carbonyl (C=O) groups excluding carboxylic acids is 1. The molecule has 1 amide bonds. The van der Waals surface area contributed by atoms with Crippen LogP contribution in [-0.4, -0.2) is 84.5 Å². The molecule has 0 radical (unpaired) electrons. The van der Waals surface area contributed by atoms with Gasteiger partial charge in [-0.05, 0) is 0 Å². The third-order valence-electron chi connectivity index (χ3n) is 2.56. The zero-order valence-electron chi connectivity index (χ0n) is 11.5. The number of amides is 1. The summed E-state index contributed by atoms with van der Waals surface area (Å²) >= 11 is 6.83. The topological polar surface area (TPSA) is 133 Å². The monoisotopic (exact) mass is 385 g/mol. The Bertz CT molecular complexity index is 421.